The third-order valence-corrected chi connectivity index (χ3v) is 6.07. The second-order valence-corrected chi connectivity index (χ2v) is 11.4. The highest BCUT2D eigenvalue weighted by molar-refractivity contribution is 5.93. The number of nitrogens with zero attached hydrogens (tertiary/aromatic N) is 2. The average molecular weight is 504 g/mol. The number of carbonyl (C=O) groups excluding carboxylic acids is 4. The van der Waals surface area contributed by atoms with Crippen molar-refractivity contribution in [2.24, 2.45) is 5.41 Å². The van der Waals surface area contributed by atoms with E-state index in [-0.39, 0.29) is 12.5 Å². The molecule has 3 atom stereocenters. The Kier molecular flexibility index (Phi) is 9.51. The van der Waals surface area contributed by atoms with Crippen LogP contribution in [0.4, 0.5) is 4.79 Å². The summed E-state index contributed by atoms with van der Waals surface area (Å²) in [6.45, 7) is 12.9. The first-order valence-corrected chi connectivity index (χ1v) is 12.4. The molecular weight excluding hydrogens is 462 g/mol. The Morgan fingerprint density at radius 1 is 1.08 bits per heavy atom. The smallest absolute Gasteiger partial charge is 0.410 e. The highest BCUT2D eigenvalue weighted by Gasteiger charge is 2.43. The second-order valence-electron chi connectivity index (χ2n) is 11.4. The molecule has 0 bridgehead atoms. The molecule has 3 unspecified atom stereocenters. The fourth-order valence-electron chi connectivity index (χ4n) is 3.85. The first-order chi connectivity index (χ1) is 16.6. The molecule has 200 valence electrons. The lowest BCUT2D eigenvalue weighted by molar-refractivity contribution is -0.156. The molecule has 1 saturated heterocycles. The molecule has 0 radical (unpaired) electrons. The van der Waals surface area contributed by atoms with Crippen molar-refractivity contribution in [1.29, 1.82) is 0 Å². The lowest BCUT2D eigenvalue weighted by atomic mass is 9.85. The number of amides is 3. The van der Waals surface area contributed by atoms with Crippen molar-refractivity contribution in [3.05, 3.63) is 35.9 Å². The predicted octanol–water partition coefficient (Wildman–Crippen LogP) is 3.51. The van der Waals surface area contributed by atoms with Crippen molar-refractivity contribution in [3.63, 3.8) is 0 Å². The maximum absolute atomic E-state index is 13.6. The molecule has 0 aliphatic carbocycles. The number of benzene rings is 1. The number of nitrogens with one attached hydrogen (secondary N) is 1. The highest BCUT2D eigenvalue weighted by atomic mass is 16.6. The number of rotatable bonds is 7. The van der Waals surface area contributed by atoms with Gasteiger partial charge < -0.3 is 19.7 Å². The number of hydrogen-bond acceptors (Lipinski definition) is 6. The van der Waals surface area contributed by atoms with Gasteiger partial charge in [-0.25, -0.2) is 9.59 Å². The number of carbonyl (C=O) groups is 4. The van der Waals surface area contributed by atoms with E-state index in [4.69, 9.17) is 9.47 Å². The molecule has 9 heteroatoms. The standard InChI is InChI=1S/C27H41N3O6/c1-18(29(8)25(34)36-27(5,6)7)22(31)28-21(26(2,3)4)23(32)30-16-12-15-20(30)24(33)35-17-19-13-10-9-11-14-19/h9-11,13-14,18,20-21H,12,15-17H2,1-8H3,(H,28,31). The van der Waals surface area contributed by atoms with Gasteiger partial charge >= 0.3 is 12.1 Å². The summed E-state index contributed by atoms with van der Waals surface area (Å²) in [6.07, 6.45) is 0.533. The largest absolute Gasteiger partial charge is 0.459 e. The minimum atomic E-state index is -0.901. The second kappa shape index (κ2) is 11.8. The van der Waals surface area contributed by atoms with Gasteiger partial charge in [0.1, 0.15) is 30.3 Å². The molecule has 1 N–H and O–H groups in total. The van der Waals surface area contributed by atoms with Crippen LogP contribution in [0.1, 0.15) is 66.9 Å². The summed E-state index contributed by atoms with van der Waals surface area (Å²) in [4.78, 5) is 54.7. The van der Waals surface area contributed by atoms with Gasteiger partial charge in [-0.3, -0.25) is 14.5 Å². The van der Waals surface area contributed by atoms with E-state index in [2.05, 4.69) is 5.32 Å². The van der Waals surface area contributed by atoms with Crippen molar-refractivity contribution < 1.29 is 28.7 Å². The topological polar surface area (TPSA) is 105 Å². The van der Waals surface area contributed by atoms with Crippen LogP contribution in [0.3, 0.4) is 0 Å². The van der Waals surface area contributed by atoms with Crippen LogP contribution in [0.5, 0.6) is 0 Å². The van der Waals surface area contributed by atoms with Gasteiger partial charge in [-0.2, -0.15) is 0 Å². The summed E-state index contributed by atoms with van der Waals surface area (Å²) < 4.78 is 10.8. The van der Waals surface area contributed by atoms with Crippen molar-refractivity contribution in [1.82, 2.24) is 15.1 Å². The summed E-state index contributed by atoms with van der Waals surface area (Å²) in [5, 5.41) is 2.82. The minimum absolute atomic E-state index is 0.131. The summed E-state index contributed by atoms with van der Waals surface area (Å²) in [5.74, 6) is -1.29. The van der Waals surface area contributed by atoms with Crippen LogP contribution in [0.25, 0.3) is 0 Å². The van der Waals surface area contributed by atoms with Crippen LogP contribution < -0.4 is 5.32 Å². The van der Waals surface area contributed by atoms with E-state index in [9.17, 15) is 19.2 Å². The maximum Gasteiger partial charge on any atom is 0.410 e. The van der Waals surface area contributed by atoms with Gasteiger partial charge in [-0.05, 0) is 51.5 Å². The fourth-order valence-corrected chi connectivity index (χ4v) is 3.85. The van der Waals surface area contributed by atoms with E-state index < -0.39 is 47.1 Å². The van der Waals surface area contributed by atoms with Crippen molar-refractivity contribution in [2.45, 2.75) is 91.6 Å². The first-order valence-electron chi connectivity index (χ1n) is 12.4. The number of hydrogen-bond donors (Lipinski definition) is 1. The lowest BCUT2D eigenvalue weighted by Gasteiger charge is -2.36. The summed E-state index contributed by atoms with van der Waals surface area (Å²) >= 11 is 0. The Balaban J connectivity index is 2.10. The Bertz CT molecular complexity index is 935. The zero-order chi connectivity index (χ0) is 27.3. The van der Waals surface area contributed by atoms with Crippen LogP contribution in [0, 0.1) is 5.41 Å². The minimum Gasteiger partial charge on any atom is -0.459 e. The summed E-state index contributed by atoms with van der Waals surface area (Å²) in [6, 6.07) is 6.88. The van der Waals surface area contributed by atoms with Crippen LogP contribution >= 0.6 is 0 Å². The van der Waals surface area contributed by atoms with Gasteiger partial charge in [0.15, 0.2) is 0 Å². The van der Waals surface area contributed by atoms with Crippen molar-refractivity contribution >= 4 is 23.9 Å². The molecule has 1 aliphatic heterocycles. The highest BCUT2D eigenvalue weighted by Crippen LogP contribution is 2.27. The third-order valence-electron chi connectivity index (χ3n) is 6.07. The number of ether oxygens (including phenoxy) is 2. The van der Waals surface area contributed by atoms with E-state index in [1.54, 1.807) is 27.7 Å². The monoisotopic (exact) mass is 503 g/mol. The SMILES string of the molecule is CC(C(=O)NC(C(=O)N1CCCC1C(=O)OCc1ccccc1)C(C)(C)C)N(C)C(=O)OC(C)(C)C. The fraction of sp³-hybridized carbons (Fsp3) is 0.630. The molecule has 1 heterocycles. The molecule has 9 nitrogen and oxygen atoms in total. The molecule has 1 aromatic carbocycles. The van der Waals surface area contributed by atoms with Crippen LogP contribution in [0.15, 0.2) is 30.3 Å². The molecular formula is C27H41N3O6. The van der Waals surface area contributed by atoms with Crippen molar-refractivity contribution in [2.75, 3.05) is 13.6 Å². The zero-order valence-electron chi connectivity index (χ0n) is 22.8. The van der Waals surface area contributed by atoms with Gasteiger partial charge in [0.25, 0.3) is 0 Å². The van der Waals surface area contributed by atoms with Gasteiger partial charge in [0.2, 0.25) is 11.8 Å². The van der Waals surface area contributed by atoms with Crippen LogP contribution in [-0.4, -0.2) is 71.0 Å². The average Bonchev–Trinajstić information content (AvgIpc) is 3.28. The van der Waals surface area contributed by atoms with E-state index in [1.807, 2.05) is 51.1 Å². The molecule has 1 aliphatic rings. The lowest BCUT2D eigenvalue weighted by Crippen LogP contribution is -2.59. The van der Waals surface area contributed by atoms with E-state index >= 15 is 0 Å². The number of likely N-dealkylation sites (tertiary alicyclic amines) is 1. The van der Waals surface area contributed by atoms with Crippen LogP contribution in [-0.2, 0) is 30.5 Å². The Morgan fingerprint density at radius 3 is 2.25 bits per heavy atom. The van der Waals surface area contributed by atoms with Crippen molar-refractivity contribution in [3.8, 4) is 0 Å². The Labute approximate surface area is 214 Å². The number of likely N-dealkylation sites (N-methyl/N-ethyl adjacent to an activating group) is 1. The van der Waals surface area contributed by atoms with Gasteiger partial charge in [0.05, 0.1) is 0 Å². The quantitative estimate of drug-likeness (QED) is 0.571. The molecule has 1 fully saturated rings. The molecule has 3 amide bonds. The summed E-state index contributed by atoms with van der Waals surface area (Å²) in [7, 11) is 1.48. The Hall–Kier alpha value is -3.10. The van der Waals surface area contributed by atoms with E-state index in [0.717, 1.165) is 5.56 Å². The molecule has 2 rings (SSSR count). The number of esters is 1. The van der Waals surface area contributed by atoms with E-state index in [0.29, 0.717) is 19.4 Å². The Morgan fingerprint density at radius 2 is 1.69 bits per heavy atom. The maximum atomic E-state index is 13.6. The molecule has 0 spiro atoms. The first kappa shape index (κ1) is 29.1. The molecule has 1 aromatic rings. The van der Waals surface area contributed by atoms with Gasteiger partial charge in [0, 0.05) is 13.6 Å². The molecule has 0 saturated carbocycles. The molecule has 0 aromatic heterocycles. The third kappa shape index (κ3) is 7.96. The zero-order valence-corrected chi connectivity index (χ0v) is 22.8. The van der Waals surface area contributed by atoms with Gasteiger partial charge in [-0.15, -0.1) is 0 Å². The predicted molar refractivity (Wildman–Crippen MR) is 136 cm³/mol. The van der Waals surface area contributed by atoms with Gasteiger partial charge in [-0.1, -0.05) is 51.1 Å². The normalized spacial score (nSPS) is 17.7. The van der Waals surface area contributed by atoms with E-state index in [1.165, 1.54) is 16.8 Å². The summed E-state index contributed by atoms with van der Waals surface area (Å²) in [5.41, 5.74) is -0.478. The molecule has 36 heavy (non-hydrogen) atoms. The van der Waals surface area contributed by atoms with Crippen LogP contribution in [0.2, 0.25) is 0 Å².